The molecule has 0 saturated carbocycles. The van der Waals surface area contributed by atoms with Crippen molar-refractivity contribution in [2.75, 3.05) is 20.1 Å². The van der Waals surface area contributed by atoms with Gasteiger partial charge in [-0.1, -0.05) is 6.07 Å². The normalized spacial score (nSPS) is 14.5. The number of rotatable bonds is 6. The second-order valence-electron chi connectivity index (χ2n) is 11.6. The van der Waals surface area contributed by atoms with Gasteiger partial charge in [-0.25, -0.2) is 9.18 Å². The molecule has 10 heteroatoms. The van der Waals surface area contributed by atoms with Crippen molar-refractivity contribution in [3.05, 3.63) is 93.5 Å². The average Bonchev–Trinajstić information content (AvgIpc) is 3.57. The molecule has 1 saturated heterocycles. The summed E-state index contributed by atoms with van der Waals surface area (Å²) in [6, 6.07) is 13.9. The van der Waals surface area contributed by atoms with E-state index < -0.39 is 5.82 Å². The summed E-state index contributed by atoms with van der Waals surface area (Å²) in [5.74, 6) is -0.894. The molecule has 0 spiro atoms. The summed E-state index contributed by atoms with van der Waals surface area (Å²) in [5.41, 5.74) is 5.42. The summed E-state index contributed by atoms with van der Waals surface area (Å²) < 4.78 is 17.7. The molecule has 1 N–H and O–H groups in total. The van der Waals surface area contributed by atoms with Crippen LogP contribution < -0.4 is 5.69 Å². The number of hydrogen-bond donors (Lipinski definition) is 1. The number of fused-ring (bicyclic) bond motifs is 2. The molecule has 4 heterocycles. The number of H-pyrrole nitrogens is 1. The highest BCUT2D eigenvalue weighted by atomic mass is 19.1. The minimum atomic E-state index is -0.539. The maximum Gasteiger partial charge on any atom is 0.334 e. The van der Waals surface area contributed by atoms with Gasteiger partial charge >= 0.3 is 5.69 Å². The molecule has 0 aliphatic carbocycles. The Kier molecular flexibility index (Phi) is 7.36. The number of carbonyl (C=O) groups excluding carboxylic acids is 1. The van der Waals surface area contributed by atoms with Crippen molar-refractivity contribution in [2.45, 2.75) is 52.2 Å². The van der Waals surface area contributed by atoms with E-state index in [-0.39, 0.29) is 29.2 Å². The van der Waals surface area contributed by atoms with Gasteiger partial charge in [0.05, 0.1) is 28.5 Å². The van der Waals surface area contributed by atoms with E-state index in [1.165, 1.54) is 33.2 Å². The third-order valence-electron chi connectivity index (χ3n) is 8.82. The van der Waals surface area contributed by atoms with Crippen LogP contribution in [0.5, 0.6) is 0 Å². The maximum absolute atomic E-state index is 14.4. The van der Waals surface area contributed by atoms with Crippen molar-refractivity contribution in [1.29, 1.82) is 5.26 Å². The molecule has 6 rings (SSSR count). The molecular formula is C33H34FN7O2. The molecule has 0 bridgehead atoms. The average molecular weight is 580 g/mol. The third kappa shape index (κ3) is 5.00. The van der Waals surface area contributed by atoms with Crippen LogP contribution in [0, 0.1) is 24.1 Å². The van der Waals surface area contributed by atoms with Gasteiger partial charge in [-0.15, -0.1) is 0 Å². The van der Waals surface area contributed by atoms with Crippen molar-refractivity contribution < 1.29 is 9.18 Å². The first kappa shape index (κ1) is 28.4. The number of nitrogens with one attached hydrogen (secondary N) is 1. The van der Waals surface area contributed by atoms with Crippen LogP contribution in [-0.2, 0) is 6.54 Å². The van der Waals surface area contributed by atoms with Crippen LogP contribution in [0.4, 0.5) is 4.39 Å². The zero-order valence-electron chi connectivity index (χ0n) is 24.8. The fourth-order valence-electron chi connectivity index (χ4n) is 6.16. The van der Waals surface area contributed by atoms with Crippen LogP contribution in [0.2, 0.25) is 0 Å². The minimum Gasteiger partial charge on any atom is -0.346 e. The van der Waals surface area contributed by atoms with E-state index >= 15 is 0 Å². The first-order valence-corrected chi connectivity index (χ1v) is 14.6. The van der Waals surface area contributed by atoms with E-state index in [0.29, 0.717) is 16.9 Å². The summed E-state index contributed by atoms with van der Waals surface area (Å²) in [4.78, 5) is 38.9. The number of aromatic amines is 1. The van der Waals surface area contributed by atoms with E-state index in [4.69, 9.17) is 0 Å². The SMILES string of the molecule is Cc1c(CN2CCC(n3c(=O)n(-c4ccc(F)cc4C(=O)N(C)C(C)C)c4cnccc43)CC2)ccc2[nH]c(C#N)cc12. The highest BCUT2D eigenvalue weighted by molar-refractivity contribution is 5.98. The molecule has 1 aliphatic heterocycles. The number of nitriles is 1. The fraction of sp³-hybridized carbons (Fsp3) is 0.333. The van der Waals surface area contributed by atoms with E-state index in [1.807, 2.05) is 36.6 Å². The van der Waals surface area contributed by atoms with E-state index in [0.717, 1.165) is 54.5 Å². The molecule has 3 aromatic heterocycles. The molecule has 1 amide bonds. The van der Waals surface area contributed by atoms with Crippen LogP contribution in [-0.4, -0.2) is 61.0 Å². The number of halogens is 1. The molecule has 5 aromatic rings. The first-order chi connectivity index (χ1) is 20.7. The summed E-state index contributed by atoms with van der Waals surface area (Å²) in [7, 11) is 1.67. The van der Waals surface area contributed by atoms with Gasteiger partial charge in [0.1, 0.15) is 17.6 Å². The van der Waals surface area contributed by atoms with Gasteiger partial charge in [-0.05, 0) is 81.1 Å². The quantitative estimate of drug-likeness (QED) is 0.294. The van der Waals surface area contributed by atoms with Gasteiger partial charge in [0.15, 0.2) is 0 Å². The van der Waals surface area contributed by atoms with Gasteiger partial charge in [0.2, 0.25) is 0 Å². The largest absolute Gasteiger partial charge is 0.346 e. The Hall–Kier alpha value is -4.75. The van der Waals surface area contributed by atoms with E-state index in [1.54, 1.807) is 19.4 Å². The molecule has 0 atom stereocenters. The van der Waals surface area contributed by atoms with Crippen LogP contribution in [0.3, 0.4) is 0 Å². The number of piperidine rings is 1. The molecule has 2 aromatic carbocycles. The zero-order valence-corrected chi connectivity index (χ0v) is 24.8. The van der Waals surface area contributed by atoms with Crippen molar-refractivity contribution in [3.8, 4) is 11.8 Å². The number of nitrogens with zero attached hydrogens (tertiary/aromatic N) is 6. The van der Waals surface area contributed by atoms with Crippen molar-refractivity contribution in [2.24, 2.45) is 0 Å². The Labute approximate surface area is 248 Å². The second kappa shape index (κ2) is 11.2. The Bertz CT molecular complexity index is 1950. The van der Waals surface area contributed by atoms with Crippen LogP contribution >= 0.6 is 0 Å². The topological polar surface area (TPSA) is 103 Å². The van der Waals surface area contributed by atoms with Crippen molar-refractivity contribution >= 4 is 27.8 Å². The maximum atomic E-state index is 14.4. The predicted molar refractivity (Wildman–Crippen MR) is 164 cm³/mol. The fourth-order valence-corrected chi connectivity index (χ4v) is 6.16. The number of likely N-dealkylation sites (tertiary alicyclic amines) is 1. The van der Waals surface area contributed by atoms with Gasteiger partial charge in [0.25, 0.3) is 5.91 Å². The molecule has 220 valence electrons. The number of aryl methyl sites for hydroxylation is 1. The van der Waals surface area contributed by atoms with Crippen LogP contribution in [0.1, 0.15) is 59.9 Å². The lowest BCUT2D eigenvalue weighted by atomic mass is 10.0. The molecule has 0 unspecified atom stereocenters. The predicted octanol–water partition coefficient (Wildman–Crippen LogP) is 5.31. The van der Waals surface area contributed by atoms with Gasteiger partial charge in [0, 0.05) is 55.9 Å². The van der Waals surface area contributed by atoms with Crippen molar-refractivity contribution in [1.82, 2.24) is 28.9 Å². The molecule has 43 heavy (non-hydrogen) atoms. The monoisotopic (exact) mass is 579 g/mol. The Morgan fingerprint density at radius 1 is 1.16 bits per heavy atom. The Morgan fingerprint density at radius 2 is 1.93 bits per heavy atom. The molecular weight excluding hydrogens is 545 g/mol. The number of benzene rings is 2. The van der Waals surface area contributed by atoms with Crippen molar-refractivity contribution in [3.63, 3.8) is 0 Å². The van der Waals surface area contributed by atoms with Gasteiger partial charge in [-0.3, -0.25) is 23.8 Å². The number of hydrogen-bond acceptors (Lipinski definition) is 5. The van der Waals surface area contributed by atoms with Gasteiger partial charge in [-0.2, -0.15) is 5.26 Å². The van der Waals surface area contributed by atoms with E-state index in [9.17, 15) is 19.2 Å². The van der Waals surface area contributed by atoms with E-state index in [2.05, 4.69) is 33.9 Å². The molecule has 0 radical (unpaired) electrons. The standard InChI is InChI=1S/C33H34FN7O2/c1-20(2)38(4)32(42)27-15-23(34)6-8-29(27)41-31-18-36-12-9-30(31)40(33(41)43)25-10-13-39(14-11-25)19-22-5-7-28-26(21(22)3)16-24(17-35)37-28/h5-9,12,15-16,18,20,25,37H,10-11,13-14,19H2,1-4H3. The Balaban J connectivity index is 1.31. The number of imidazole rings is 1. The van der Waals surface area contributed by atoms with Gasteiger partial charge < -0.3 is 9.88 Å². The summed E-state index contributed by atoms with van der Waals surface area (Å²) in [5, 5.41) is 10.3. The second-order valence-corrected chi connectivity index (χ2v) is 11.6. The molecule has 1 fully saturated rings. The lowest BCUT2D eigenvalue weighted by Crippen LogP contribution is -2.38. The number of aromatic nitrogens is 4. The smallest absolute Gasteiger partial charge is 0.334 e. The third-order valence-corrected chi connectivity index (χ3v) is 8.82. The lowest BCUT2D eigenvalue weighted by Gasteiger charge is -2.33. The minimum absolute atomic E-state index is 0.0423. The highest BCUT2D eigenvalue weighted by Crippen LogP contribution is 2.30. The Morgan fingerprint density at radius 3 is 2.65 bits per heavy atom. The summed E-state index contributed by atoms with van der Waals surface area (Å²) >= 11 is 0. The zero-order chi connectivity index (χ0) is 30.4. The number of amides is 1. The van der Waals surface area contributed by atoms with Crippen LogP contribution in [0.15, 0.2) is 59.7 Å². The first-order valence-electron chi connectivity index (χ1n) is 14.6. The lowest BCUT2D eigenvalue weighted by molar-refractivity contribution is 0.0754. The molecule has 9 nitrogen and oxygen atoms in total. The summed E-state index contributed by atoms with van der Waals surface area (Å²) in [6.45, 7) is 8.26. The number of carbonyl (C=O) groups is 1. The number of pyridine rings is 1. The molecule has 1 aliphatic rings. The summed E-state index contributed by atoms with van der Waals surface area (Å²) in [6.07, 6.45) is 4.84. The highest BCUT2D eigenvalue weighted by Gasteiger charge is 2.28. The van der Waals surface area contributed by atoms with Crippen LogP contribution in [0.25, 0.3) is 27.6 Å².